The van der Waals surface area contributed by atoms with E-state index in [9.17, 15) is 18.3 Å². The average molecular weight is 727 g/mol. The monoisotopic (exact) mass is 726 g/mol. The number of hydrogen-bond donors (Lipinski definition) is 8. The summed E-state index contributed by atoms with van der Waals surface area (Å²) in [4.78, 5) is 73.6. The Bertz CT molecular complexity index is 570. The van der Waals surface area contributed by atoms with Crippen molar-refractivity contribution in [2.75, 3.05) is 38.2 Å². The van der Waals surface area contributed by atoms with E-state index in [-0.39, 0.29) is 321 Å². The molecule has 0 unspecified atom stereocenters. The molecule has 0 aromatic heterocycles. The first-order valence-electron chi connectivity index (χ1n) is 7.99. The zero-order valence-electron chi connectivity index (χ0n) is 21.0. The molecule has 0 spiro atoms. The van der Waals surface area contributed by atoms with E-state index in [1.165, 1.54) is 0 Å². The minimum atomic E-state index is -4.49. The molecule has 0 aromatic carbocycles. The Morgan fingerprint density at radius 2 is 0.559 bits per heavy atom. The van der Waals surface area contributed by atoms with E-state index in [0.29, 0.717) is 25.7 Å². The van der Waals surface area contributed by atoms with Gasteiger partial charge in [-0.15, -0.1) is 0 Å². The first-order chi connectivity index (χ1) is 12.4. The minimum Gasteiger partial charge on any atom is -0.324 e. The van der Waals surface area contributed by atoms with Crippen LogP contribution in [0, 0.1) is 0 Å². The summed E-state index contributed by atoms with van der Waals surface area (Å²) in [6, 6.07) is 0. The fraction of sp³-hybridized carbons (Fsp3) is 1.00. The Balaban J connectivity index is -0.000000243. The van der Waals surface area contributed by atoms with Crippen molar-refractivity contribution in [3.8, 4) is 0 Å². The molecule has 24 heteroatoms. The fourth-order valence-electron chi connectivity index (χ4n) is 2.44. The van der Waals surface area contributed by atoms with Crippen molar-refractivity contribution >= 4 is 339 Å². The number of unbranched alkanes of at least 4 members (excludes halogenated alkanes) is 3. The van der Waals surface area contributed by atoms with Gasteiger partial charge >= 0.3 is 30.4 Å². The molecule has 0 saturated heterocycles. The molecule has 0 aromatic rings. The van der Waals surface area contributed by atoms with Crippen molar-refractivity contribution in [1.82, 2.24) is 9.80 Å². The van der Waals surface area contributed by atoms with Crippen molar-refractivity contribution in [3.05, 3.63) is 0 Å². The maximum Gasteiger partial charge on any atom is 0.339 e. The van der Waals surface area contributed by atoms with E-state index in [1.807, 2.05) is 0 Å². The zero-order chi connectivity index (χ0) is 22.2. The van der Waals surface area contributed by atoms with Crippen LogP contribution in [0.1, 0.15) is 25.7 Å². The molecule has 0 atom stereocenters. The zero-order valence-corrected chi connectivity index (χ0v) is 43.3. The normalized spacial score (nSPS) is 11.7. The molecule has 0 aliphatic heterocycles. The van der Waals surface area contributed by atoms with Crippen LogP contribution in [0.4, 0.5) is 0 Å². The van der Waals surface area contributed by atoms with E-state index in [0.717, 1.165) is 9.80 Å². The van der Waals surface area contributed by atoms with Gasteiger partial charge in [-0.2, -0.15) is 0 Å². The third-order valence-corrected chi connectivity index (χ3v) is 6.31. The van der Waals surface area contributed by atoms with Gasteiger partial charge in [0, 0.05) is 308 Å². The maximum atomic E-state index is 11.0. The van der Waals surface area contributed by atoms with Gasteiger partial charge in [0.05, 0.1) is 0 Å². The van der Waals surface area contributed by atoms with Crippen molar-refractivity contribution < 1.29 is 57.4 Å². The summed E-state index contributed by atoms with van der Waals surface area (Å²) in [5.74, 6) is 0. The van der Waals surface area contributed by atoms with Crippen LogP contribution >= 0.6 is 30.4 Å². The maximum absolute atomic E-state index is 11.0. The molecule has 0 saturated carbocycles. The van der Waals surface area contributed by atoms with Gasteiger partial charge in [-0.05, 0) is 25.9 Å². The summed E-state index contributed by atoms with van der Waals surface area (Å²) < 4.78 is 44.1. The van der Waals surface area contributed by atoms with Crippen molar-refractivity contribution in [2.45, 2.75) is 25.7 Å². The van der Waals surface area contributed by atoms with Gasteiger partial charge in [-0.3, -0.25) is 28.1 Å². The molecule has 0 aliphatic rings. The van der Waals surface area contributed by atoms with Gasteiger partial charge in [0.2, 0.25) is 0 Å². The molecule has 34 heavy (non-hydrogen) atoms. The predicted molar refractivity (Wildman–Crippen MR) is 134 cm³/mol. The molecule has 0 amide bonds. The molecule has 0 aliphatic carbocycles. The summed E-state index contributed by atoms with van der Waals surface area (Å²) in [6.45, 7) is 0.0375. The van der Waals surface area contributed by atoms with Crippen molar-refractivity contribution in [2.24, 2.45) is 0 Å². The molecule has 6 radical (unpaired) electrons. The van der Waals surface area contributed by atoms with Gasteiger partial charge in [-0.1, -0.05) is 12.8 Å². The van der Waals surface area contributed by atoms with Crippen molar-refractivity contribution in [1.29, 1.82) is 0 Å². The van der Waals surface area contributed by atoms with Crippen LogP contribution < -0.4 is 0 Å². The molecule has 14 nitrogen and oxygen atoms in total. The second-order valence-electron chi connectivity index (χ2n) is 6.43. The topological polar surface area (TPSA) is 237 Å². The van der Waals surface area contributed by atoms with Crippen LogP contribution in [0.5, 0.6) is 0 Å². The van der Waals surface area contributed by atoms with Gasteiger partial charge in [0.25, 0.3) is 0 Å². The van der Waals surface area contributed by atoms with Crippen LogP contribution in [0.15, 0.2) is 0 Å². The summed E-state index contributed by atoms with van der Waals surface area (Å²) in [5.41, 5.74) is 0. The second kappa shape index (κ2) is 30.7. The van der Waals surface area contributed by atoms with Crippen LogP contribution in [0.2, 0.25) is 0 Å². The summed E-state index contributed by atoms with van der Waals surface area (Å²) in [7, 11) is -18.0. The van der Waals surface area contributed by atoms with Gasteiger partial charge in [0.1, 0.15) is 25.1 Å². The van der Waals surface area contributed by atoms with E-state index in [4.69, 9.17) is 39.1 Å². The van der Waals surface area contributed by atoms with Crippen LogP contribution in [0.25, 0.3) is 0 Å². The third-order valence-electron chi connectivity index (χ3n) is 3.24. The van der Waals surface area contributed by atoms with E-state index < -0.39 is 55.5 Å². The Hall–Kier alpha value is 10.3. The Kier molecular flexibility index (Phi) is 53.9. The molecule has 0 heterocycles. The van der Waals surface area contributed by atoms with E-state index >= 15 is 0 Å². The van der Waals surface area contributed by atoms with E-state index in [2.05, 4.69) is 0 Å². The summed E-state index contributed by atoms with van der Waals surface area (Å²) in [6.07, 6.45) is -1.55. The molecule has 176 valence electrons. The fourth-order valence-corrected chi connectivity index (χ4v) is 5.80. The molecule has 8 N–H and O–H groups in total. The predicted octanol–water partition coefficient (Wildman–Crippen LogP) is -2.59. The molecule has 0 fully saturated rings. The smallest absolute Gasteiger partial charge is 0.324 e. The molecular weight excluding hydrogens is 699 g/mol. The third kappa shape index (κ3) is 46.8. The minimum absolute atomic E-state index is 0. The molecule has 0 rings (SSSR count). The summed E-state index contributed by atoms with van der Waals surface area (Å²) in [5, 5.41) is 0. The first kappa shape index (κ1) is 59.7. The Labute approximate surface area is 455 Å². The number of rotatable bonds is 15. The summed E-state index contributed by atoms with van der Waals surface area (Å²) >= 11 is 0. The Morgan fingerprint density at radius 1 is 0.382 bits per heavy atom. The Morgan fingerprint density at radius 3 is 0.706 bits per heavy atom. The average Bonchev–Trinajstić information content (AvgIpc) is 2.34. The van der Waals surface area contributed by atoms with Gasteiger partial charge < -0.3 is 39.1 Å². The standard InChI is InChI=1S/C10H28N2O12P4.6K/c13-25(14,15)7-11(8-26(16,17)18)5-3-1-2-4-6-12(9-27(19,20)21)10-28(22,23)24;;;;;;/h1-10H2,(H2,13,14,15)(H2,16,17,18)(H2,19,20,21)(H2,22,23,24);;;;;;. The quantitative estimate of drug-likeness (QED) is 0.0492. The largest absolute Gasteiger partial charge is 0.339 e. The second-order valence-corrected chi connectivity index (χ2v) is 12.9. The van der Waals surface area contributed by atoms with Crippen LogP contribution in [-0.2, 0) is 18.3 Å². The van der Waals surface area contributed by atoms with Crippen LogP contribution in [0.3, 0.4) is 0 Å². The van der Waals surface area contributed by atoms with E-state index in [1.54, 1.807) is 0 Å². The number of hydrogen-bond acceptors (Lipinski definition) is 6. The molecular formula is C10H28K6N2O12P4. The number of nitrogens with zero attached hydrogens (tertiary/aromatic N) is 2. The van der Waals surface area contributed by atoms with Gasteiger partial charge in [-0.25, -0.2) is 0 Å². The van der Waals surface area contributed by atoms with Crippen LogP contribution in [-0.4, -0.2) is 395 Å². The molecule has 0 bridgehead atoms. The first-order valence-corrected chi connectivity index (χ1v) is 15.2. The van der Waals surface area contributed by atoms with Gasteiger partial charge in [0.15, 0.2) is 0 Å². The van der Waals surface area contributed by atoms with Crippen molar-refractivity contribution in [3.63, 3.8) is 0 Å². The SMILES string of the molecule is O=P(O)(O)CN(CCCCCCN(CP(=O)(O)O)CP(=O)(O)O)CP(=O)(O)O.[K].[K].[K].[K].[K].[K].